The Balaban J connectivity index is 2.52. The fourth-order valence-corrected chi connectivity index (χ4v) is 1.17. The molecule has 0 aromatic heterocycles. The van der Waals surface area contributed by atoms with Gasteiger partial charge in [-0.15, -0.1) is 0 Å². The summed E-state index contributed by atoms with van der Waals surface area (Å²) in [4.78, 5) is 11.5. The summed E-state index contributed by atoms with van der Waals surface area (Å²) in [6, 6.07) is 1.96. The van der Waals surface area contributed by atoms with Crippen LogP contribution in [0.15, 0.2) is 12.1 Å². The third kappa shape index (κ3) is 3.79. The van der Waals surface area contributed by atoms with Crippen LogP contribution in [0, 0.1) is 0 Å². The Labute approximate surface area is 103 Å². The van der Waals surface area contributed by atoms with E-state index in [9.17, 15) is 15.0 Å². The smallest absolute Gasteiger partial charge is 0.338 e. The lowest BCUT2D eigenvalue weighted by atomic mass is 10.2. The Bertz CT molecular complexity index is 393. The second-order valence-corrected chi connectivity index (χ2v) is 3.34. The lowest BCUT2D eigenvalue weighted by molar-refractivity contribution is 0.0257. The molecule has 0 saturated carbocycles. The van der Waals surface area contributed by atoms with Gasteiger partial charge in [-0.25, -0.2) is 4.79 Å². The molecule has 0 amide bonds. The van der Waals surface area contributed by atoms with Crippen molar-refractivity contribution in [1.29, 1.82) is 0 Å². The maximum atomic E-state index is 11.5. The minimum atomic E-state index is -0.770. The highest BCUT2D eigenvalue weighted by atomic mass is 16.6. The molecule has 100 valence electrons. The van der Waals surface area contributed by atoms with Crippen molar-refractivity contribution >= 4 is 5.97 Å². The highest BCUT2D eigenvalue weighted by molar-refractivity contribution is 5.91. The number of ether oxygens (including phenoxy) is 2. The zero-order valence-corrected chi connectivity index (χ0v) is 9.50. The normalized spacial score (nSPS) is 10.3. The van der Waals surface area contributed by atoms with Crippen LogP contribution in [0.1, 0.15) is 10.4 Å². The fraction of sp³-hybridized carbons (Fsp3) is 0.364. The van der Waals surface area contributed by atoms with Crippen LogP contribution < -0.4 is 0 Å². The van der Waals surface area contributed by atoms with Crippen molar-refractivity contribution in [2.45, 2.75) is 0 Å². The van der Waals surface area contributed by atoms with Crippen molar-refractivity contribution in [2.24, 2.45) is 0 Å². The van der Waals surface area contributed by atoms with E-state index in [4.69, 9.17) is 19.7 Å². The molecule has 0 aliphatic carbocycles. The lowest BCUT2D eigenvalue weighted by Crippen LogP contribution is -2.12. The Hall–Kier alpha value is -1.99. The summed E-state index contributed by atoms with van der Waals surface area (Å²) in [5, 5.41) is 35.9. The van der Waals surface area contributed by atoms with Gasteiger partial charge in [0.05, 0.1) is 25.4 Å². The van der Waals surface area contributed by atoms with E-state index in [1.54, 1.807) is 0 Å². The molecule has 0 radical (unpaired) electrons. The van der Waals surface area contributed by atoms with Crippen molar-refractivity contribution < 1.29 is 34.7 Å². The molecule has 1 rings (SSSR count). The molecule has 18 heavy (non-hydrogen) atoms. The van der Waals surface area contributed by atoms with Crippen LogP contribution in [0.2, 0.25) is 0 Å². The second kappa shape index (κ2) is 6.67. The molecule has 0 atom stereocenters. The fourth-order valence-electron chi connectivity index (χ4n) is 1.17. The minimum absolute atomic E-state index is 0.0266. The van der Waals surface area contributed by atoms with E-state index in [0.717, 1.165) is 12.1 Å². The van der Waals surface area contributed by atoms with Gasteiger partial charge in [-0.2, -0.15) is 0 Å². The van der Waals surface area contributed by atoms with Crippen LogP contribution in [-0.2, 0) is 9.47 Å². The number of carbonyl (C=O) groups is 1. The summed E-state index contributed by atoms with van der Waals surface area (Å²) in [5.74, 6) is -2.69. The zero-order valence-electron chi connectivity index (χ0n) is 9.50. The number of phenolic OH excluding ortho intramolecular Hbond substituents is 3. The number of phenols is 3. The van der Waals surface area contributed by atoms with Crippen molar-refractivity contribution in [3.63, 3.8) is 0 Å². The quantitative estimate of drug-likeness (QED) is 0.321. The molecule has 1 aromatic carbocycles. The number of aromatic hydroxyl groups is 3. The lowest BCUT2D eigenvalue weighted by Gasteiger charge is -2.07. The standard InChI is InChI=1S/C11H14O7/c12-1-2-17-3-4-18-11(16)7-5-8(13)10(15)9(14)6-7/h5-6,12-15H,1-4H2. The monoisotopic (exact) mass is 258 g/mol. The zero-order chi connectivity index (χ0) is 13.5. The summed E-state index contributed by atoms with van der Waals surface area (Å²) in [6.45, 7) is 0.134. The van der Waals surface area contributed by atoms with E-state index < -0.39 is 23.2 Å². The number of carbonyl (C=O) groups excluding carboxylic acids is 1. The van der Waals surface area contributed by atoms with Gasteiger partial charge in [-0.3, -0.25) is 0 Å². The van der Waals surface area contributed by atoms with Crippen LogP contribution in [0.25, 0.3) is 0 Å². The minimum Gasteiger partial charge on any atom is -0.504 e. The molecular formula is C11H14O7. The summed E-state index contributed by atoms with van der Waals surface area (Å²) in [7, 11) is 0. The van der Waals surface area contributed by atoms with Gasteiger partial charge in [0.1, 0.15) is 6.61 Å². The van der Waals surface area contributed by atoms with E-state index in [1.807, 2.05) is 0 Å². The number of aliphatic hydroxyl groups excluding tert-OH is 1. The molecule has 0 fully saturated rings. The molecule has 0 aliphatic rings. The van der Waals surface area contributed by atoms with Gasteiger partial charge in [0.25, 0.3) is 0 Å². The third-order valence-electron chi connectivity index (χ3n) is 2.00. The van der Waals surface area contributed by atoms with E-state index in [-0.39, 0.29) is 32.0 Å². The number of benzene rings is 1. The SMILES string of the molecule is O=C(OCCOCCO)c1cc(O)c(O)c(O)c1. The maximum Gasteiger partial charge on any atom is 0.338 e. The number of aliphatic hydroxyl groups is 1. The molecule has 0 spiro atoms. The van der Waals surface area contributed by atoms with Gasteiger partial charge >= 0.3 is 5.97 Å². The van der Waals surface area contributed by atoms with Crippen molar-refractivity contribution in [3.8, 4) is 17.2 Å². The summed E-state index contributed by atoms with van der Waals surface area (Å²) >= 11 is 0. The van der Waals surface area contributed by atoms with E-state index in [1.165, 1.54) is 0 Å². The average molecular weight is 258 g/mol. The molecule has 0 aliphatic heterocycles. The molecular weight excluding hydrogens is 244 g/mol. The van der Waals surface area contributed by atoms with Gasteiger partial charge < -0.3 is 29.9 Å². The molecule has 1 aromatic rings. The van der Waals surface area contributed by atoms with Crippen LogP contribution in [0.5, 0.6) is 17.2 Å². The Morgan fingerprint density at radius 1 is 1.06 bits per heavy atom. The largest absolute Gasteiger partial charge is 0.504 e. The van der Waals surface area contributed by atoms with E-state index in [2.05, 4.69) is 0 Å². The van der Waals surface area contributed by atoms with Gasteiger partial charge in [0.2, 0.25) is 0 Å². The Kier molecular flexibility index (Phi) is 5.22. The first-order valence-electron chi connectivity index (χ1n) is 5.17. The predicted molar refractivity (Wildman–Crippen MR) is 59.6 cm³/mol. The summed E-state index contributed by atoms with van der Waals surface area (Å²) in [6.07, 6.45) is 0. The molecule has 0 bridgehead atoms. The molecule has 4 N–H and O–H groups in total. The van der Waals surface area contributed by atoms with Crippen LogP contribution in [0.4, 0.5) is 0 Å². The van der Waals surface area contributed by atoms with Gasteiger partial charge in [-0.05, 0) is 12.1 Å². The van der Waals surface area contributed by atoms with Gasteiger partial charge in [-0.1, -0.05) is 0 Å². The molecule has 0 heterocycles. The number of rotatable bonds is 6. The van der Waals surface area contributed by atoms with E-state index in [0.29, 0.717) is 0 Å². The highest BCUT2D eigenvalue weighted by Gasteiger charge is 2.14. The molecule has 0 saturated heterocycles. The molecule has 7 heteroatoms. The topological polar surface area (TPSA) is 116 Å². The van der Waals surface area contributed by atoms with Crippen molar-refractivity contribution in [1.82, 2.24) is 0 Å². The van der Waals surface area contributed by atoms with Crippen LogP contribution in [0.3, 0.4) is 0 Å². The third-order valence-corrected chi connectivity index (χ3v) is 2.00. The average Bonchev–Trinajstić information content (AvgIpc) is 2.34. The first kappa shape index (κ1) is 14.1. The second-order valence-electron chi connectivity index (χ2n) is 3.34. The van der Waals surface area contributed by atoms with Crippen LogP contribution in [-0.4, -0.2) is 52.8 Å². The summed E-state index contributed by atoms with van der Waals surface area (Å²) in [5.41, 5.74) is -0.0926. The number of hydrogen-bond donors (Lipinski definition) is 4. The van der Waals surface area contributed by atoms with Gasteiger partial charge in [0, 0.05) is 0 Å². The first-order valence-corrected chi connectivity index (χ1v) is 5.17. The van der Waals surface area contributed by atoms with Crippen molar-refractivity contribution in [2.75, 3.05) is 26.4 Å². The Morgan fingerprint density at radius 3 is 2.22 bits per heavy atom. The van der Waals surface area contributed by atoms with Gasteiger partial charge in [0.15, 0.2) is 17.2 Å². The maximum absolute atomic E-state index is 11.5. The molecule has 0 unspecified atom stereocenters. The highest BCUT2D eigenvalue weighted by Crippen LogP contribution is 2.35. The van der Waals surface area contributed by atoms with E-state index >= 15 is 0 Å². The predicted octanol–water partition coefficient (Wildman–Crippen LogP) is -0.0309. The number of hydrogen-bond acceptors (Lipinski definition) is 7. The number of esters is 1. The van der Waals surface area contributed by atoms with Crippen molar-refractivity contribution in [3.05, 3.63) is 17.7 Å². The molecule has 7 nitrogen and oxygen atoms in total. The first-order chi connectivity index (χ1) is 8.56. The summed E-state index contributed by atoms with van der Waals surface area (Å²) < 4.78 is 9.64. The Morgan fingerprint density at radius 2 is 1.67 bits per heavy atom. The van der Waals surface area contributed by atoms with Crippen LogP contribution >= 0.6 is 0 Å².